The number of ether oxygens (including phenoxy) is 1. The molecule has 5 nitrogen and oxygen atoms in total. The van der Waals surface area contributed by atoms with Crippen molar-refractivity contribution >= 4 is 5.65 Å². The monoisotopic (exact) mass is 218 g/mol. The summed E-state index contributed by atoms with van der Waals surface area (Å²) in [5.74, 6) is 0. The van der Waals surface area contributed by atoms with Gasteiger partial charge in [-0.1, -0.05) is 11.5 Å². The Labute approximate surface area is 93.4 Å². The lowest BCUT2D eigenvalue weighted by molar-refractivity contribution is 0.138. The first-order chi connectivity index (χ1) is 7.93. The van der Waals surface area contributed by atoms with Crippen molar-refractivity contribution in [3.05, 3.63) is 18.3 Å². The largest absolute Gasteiger partial charge is 0.459 e. The van der Waals surface area contributed by atoms with Gasteiger partial charge in [-0.2, -0.15) is 9.61 Å². The minimum absolute atomic E-state index is 0.281. The summed E-state index contributed by atoms with van der Waals surface area (Å²) in [7, 11) is 0. The van der Waals surface area contributed by atoms with Crippen molar-refractivity contribution in [1.82, 2.24) is 19.8 Å². The van der Waals surface area contributed by atoms with Crippen LogP contribution >= 0.6 is 0 Å². The number of aromatic nitrogens is 4. The molecule has 3 rings (SSSR count). The Morgan fingerprint density at radius 2 is 2.06 bits per heavy atom. The highest BCUT2D eigenvalue weighted by Gasteiger charge is 2.17. The molecule has 5 heteroatoms. The Balaban J connectivity index is 1.83. The zero-order valence-electron chi connectivity index (χ0n) is 9.04. The molecule has 1 saturated carbocycles. The van der Waals surface area contributed by atoms with E-state index in [0.29, 0.717) is 6.01 Å². The standard InChI is InChI=1S/C11H14N4O/c1-2-5-9(6-3-1)16-11-14-13-10-7-4-8-12-15(10)11/h4,7-9H,1-3,5-6H2. The van der Waals surface area contributed by atoms with Gasteiger partial charge in [0.2, 0.25) is 0 Å². The van der Waals surface area contributed by atoms with Crippen LogP contribution in [0.4, 0.5) is 0 Å². The molecule has 1 fully saturated rings. The van der Waals surface area contributed by atoms with Crippen LogP contribution in [0.3, 0.4) is 0 Å². The average molecular weight is 218 g/mol. The van der Waals surface area contributed by atoms with Crippen LogP contribution in [0.1, 0.15) is 32.1 Å². The number of fused-ring (bicyclic) bond motifs is 1. The van der Waals surface area contributed by atoms with Crippen molar-refractivity contribution in [1.29, 1.82) is 0 Å². The van der Waals surface area contributed by atoms with E-state index in [2.05, 4.69) is 15.3 Å². The first-order valence-electron chi connectivity index (χ1n) is 5.76. The van der Waals surface area contributed by atoms with Gasteiger partial charge in [-0.3, -0.25) is 0 Å². The summed E-state index contributed by atoms with van der Waals surface area (Å²) in [6.45, 7) is 0. The van der Waals surface area contributed by atoms with Crippen LogP contribution in [0.25, 0.3) is 5.65 Å². The molecule has 0 unspecified atom stereocenters. The molecule has 0 spiro atoms. The maximum atomic E-state index is 5.84. The van der Waals surface area contributed by atoms with Crippen molar-refractivity contribution in [3.63, 3.8) is 0 Å². The molecule has 0 radical (unpaired) electrons. The molecule has 0 saturated heterocycles. The van der Waals surface area contributed by atoms with E-state index in [1.165, 1.54) is 19.3 Å². The Morgan fingerprint density at radius 1 is 1.19 bits per heavy atom. The predicted molar refractivity (Wildman–Crippen MR) is 58.3 cm³/mol. The summed E-state index contributed by atoms with van der Waals surface area (Å²) < 4.78 is 7.48. The first kappa shape index (κ1) is 9.57. The van der Waals surface area contributed by atoms with Crippen LogP contribution in [-0.4, -0.2) is 25.9 Å². The molecule has 0 atom stereocenters. The fourth-order valence-electron chi connectivity index (χ4n) is 2.13. The molecular weight excluding hydrogens is 204 g/mol. The van der Waals surface area contributed by atoms with Gasteiger partial charge < -0.3 is 4.74 Å². The highest BCUT2D eigenvalue weighted by Crippen LogP contribution is 2.22. The molecule has 0 aliphatic heterocycles. The molecule has 2 heterocycles. The van der Waals surface area contributed by atoms with Crippen molar-refractivity contribution in [3.8, 4) is 6.01 Å². The fraction of sp³-hybridized carbons (Fsp3) is 0.545. The van der Waals surface area contributed by atoms with Crippen molar-refractivity contribution in [2.24, 2.45) is 0 Å². The van der Waals surface area contributed by atoms with E-state index in [4.69, 9.17) is 4.74 Å². The number of hydrogen-bond donors (Lipinski definition) is 0. The summed E-state index contributed by atoms with van der Waals surface area (Å²) in [4.78, 5) is 0. The van der Waals surface area contributed by atoms with Crippen molar-refractivity contribution in [2.45, 2.75) is 38.2 Å². The lowest BCUT2D eigenvalue weighted by atomic mass is 9.98. The zero-order valence-corrected chi connectivity index (χ0v) is 9.04. The van der Waals surface area contributed by atoms with E-state index in [0.717, 1.165) is 18.5 Å². The molecule has 1 aliphatic carbocycles. The van der Waals surface area contributed by atoms with Gasteiger partial charge in [0.15, 0.2) is 5.65 Å². The van der Waals surface area contributed by atoms with E-state index < -0.39 is 0 Å². The van der Waals surface area contributed by atoms with Gasteiger partial charge in [0.25, 0.3) is 0 Å². The lowest BCUT2D eigenvalue weighted by Crippen LogP contribution is -2.21. The van der Waals surface area contributed by atoms with Gasteiger partial charge in [-0.25, -0.2) is 0 Å². The lowest BCUT2D eigenvalue weighted by Gasteiger charge is -2.21. The highest BCUT2D eigenvalue weighted by atomic mass is 16.5. The minimum Gasteiger partial charge on any atom is -0.459 e. The first-order valence-corrected chi connectivity index (χ1v) is 5.76. The molecule has 2 aromatic rings. The fourth-order valence-corrected chi connectivity index (χ4v) is 2.13. The number of rotatable bonds is 2. The second kappa shape index (κ2) is 4.08. The van der Waals surface area contributed by atoms with Gasteiger partial charge in [0.05, 0.1) is 0 Å². The van der Waals surface area contributed by atoms with Crippen molar-refractivity contribution in [2.75, 3.05) is 0 Å². The van der Waals surface area contributed by atoms with Gasteiger partial charge in [0, 0.05) is 6.20 Å². The van der Waals surface area contributed by atoms with E-state index in [1.807, 2.05) is 12.1 Å². The maximum Gasteiger partial charge on any atom is 0.339 e. The van der Waals surface area contributed by atoms with E-state index in [-0.39, 0.29) is 6.10 Å². The minimum atomic E-state index is 0.281. The Bertz CT molecular complexity index is 476. The maximum absolute atomic E-state index is 5.84. The summed E-state index contributed by atoms with van der Waals surface area (Å²) in [6.07, 6.45) is 8.03. The van der Waals surface area contributed by atoms with Gasteiger partial charge >= 0.3 is 6.01 Å². The van der Waals surface area contributed by atoms with E-state index >= 15 is 0 Å². The molecule has 2 aromatic heterocycles. The van der Waals surface area contributed by atoms with Crippen LogP contribution in [0.15, 0.2) is 18.3 Å². The van der Waals surface area contributed by atoms with Crippen molar-refractivity contribution < 1.29 is 4.74 Å². The number of nitrogens with zero attached hydrogens (tertiary/aromatic N) is 4. The Morgan fingerprint density at radius 3 is 2.94 bits per heavy atom. The highest BCUT2D eigenvalue weighted by molar-refractivity contribution is 5.35. The zero-order chi connectivity index (χ0) is 10.8. The van der Waals surface area contributed by atoms with Gasteiger partial charge in [0.1, 0.15) is 6.10 Å². The summed E-state index contributed by atoms with van der Waals surface area (Å²) in [5.41, 5.74) is 0.730. The average Bonchev–Trinajstić information content (AvgIpc) is 2.74. The van der Waals surface area contributed by atoms with E-state index in [1.54, 1.807) is 10.7 Å². The molecule has 0 aromatic carbocycles. The molecular formula is C11H14N4O. The van der Waals surface area contributed by atoms with Crippen LogP contribution in [0, 0.1) is 0 Å². The normalized spacial score (nSPS) is 17.8. The predicted octanol–water partition coefficient (Wildman–Crippen LogP) is 1.84. The molecule has 16 heavy (non-hydrogen) atoms. The summed E-state index contributed by atoms with van der Waals surface area (Å²) in [5, 5.41) is 12.2. The molecule has 84 valence electrons. The smallest absolute Gasteiger partial charge is 0.339 e. The van der Waals surface area contributed by atoms with Crippen LogP contribution in [0.2, 0.25) is 0 Å². The van der Waals surface area contributed by atoms with E-state index in [9.17, 15) is 0 Å². The second-order valence-corrected chi connectivity index (χ2v) is 4.15. The van der Waals surface area contributed by atoms with Gasteiger partial charge in [-0.15, -0.1) is 5.10 Å². The summed E-state index contributed by atoms with van der Waals surface area (Å²) >= 11 is 0. The quantitative estimate of drug-likeness (QED) is 0.771. The third kappa shape index (κ3) is 1.73. The Kier molecular flexibility index (Phi) is 2.44. The number of hydrogen-bond acceptors (Lipinski definition) is 4. The van der Waals surface area contributed by atoms with Crippen LogP contribution < -0.4 is 4.74 Å². The third-order valence-corrected chi connectivity index (χ3v) is 2.97. The van der Waals surface area contributed by atoms with Crippen LogP contribution in [-0.2, 0) is 0 Å². The molecule has 0 amide bonds. The second-order valence-electron chi connectivity index (χ2n) is 4.15. The summed E-state index contributed by atoms with van der Waals surface area (Å²) in [6, 6.07) is 4.23. The molecule has 0 bridgehead atoms. The SMILES string of the molecule is c1cnn2c(OC3CCCCC3)nnc2c1. The third-order valence-electron chi connectivity index (χ3n) is 2.97. The topological polar surface area (TPSA) is 52.3 Å². The van der Waals surface area contributed by atoms with Crippen LogP contribution in [0.5, 0.6) is 6.01 Å². The molecule has 0 N–H and O–H groups in total. The Hall–Kier alpha value is -1.65. The molecule has 1 aliphatic rings. The van der Waals surface area contributed by atoms with Gasteiger partial charge in [-0.05, 0) is 37.8 Å².